The van der Waals surface area contributed by atoms with Crippen LogP contribution in [0.5, 0.6) is 0 Å². The fraction of sp³-hybridized carbons (Fsp3) is 0.625. The van der Waals surface area contributed by atoms with Gasteiger partial charge in [-0.25, -0.2) is 9.67 Å². The molecule has 1 unspecified atom stereocenters. The summed E-state index contributed by atoms with van der Waals surface area (Å²) in [5.74, 6) is 1.91. The van der Waals surface area contributed by atoms with Crippen molar-refractivity contribution in [1.82, 2.24) is 14.8 Å². The van der Waals surface area contributed by atoms with Gasteiger partial charge in [0.25, 0.3) is 0 Å². The van der Waals surface area contributed by atoms with Gasteiger partial charge >= 0.3 is 0 Å². The Morgan fingerprint density at radius 3 is 3.25 bits per heavy atom. The second kappa shape index (κ2) is 2.69. The summed E-state index contributed by atoms with van der Waals surface area (Å²) in [4.78, 5) is 14.8. The number of hydrogen-bond donors (Lipinski definition) is 0. The van der Waals surface area contributed by atoms with Crippen molar-refractivity contribution in [1.29, 1.82) is 0 Å². The van der Waals surface area contributed by atoms with Crippen LogP contribution in [0.25, 0.3) is 0 Å². The average molecular weight is 165 g/mol. The second-order valence-electron chi connectivity index (χ2n) is 3.19. The molecule has 0 fully saturated rings. The maximum atomic E-state index is 10.5. The molecular formula is C8H11N3O. The van der Waals surface area contributed by atoms with E-state index in [2.05, 4.69) is 10.1 Å². The van der Waals surface area contributed by atoms with Crippen molar-refractivity contribution in [2.45, 2.75) is 26.3 Å². The molecule has 64 valence electrons. The molecule has 12 heavy (non-hydrogen) atoms. The molecule has 2 heterocycles. The number of carbonyl (C=O) groups is 1. The van der Waals surface area contributed by atoms with Crippen molar-refractivity contribution < 1.29 is 4.79 Å². The SMILES string of the molecule is Cc1nc2n(n1)CCC(C=O)C2. The zero-order valence-corrected chi connectivity index (χ0v) is 7.03. The summed E-state index contributed by atoms with van der Waals surface area (Å²) in [6.45, 7) is 2.71. The summed E-state index contributed by atoms with van der Waals surface area (Å²) < 4.78 is 1.90. The fourth-order valence-corrected chi connectivity index (χ4v) is 1.57. The highest BCUT2D eigenvalue weighted by atomic mass is 16.1. The Morgan fingerprint density at radius 2 is 2.50 bits per heavy atom. The lowest BCUT2D eigenvalue weighted by Crippen LogP contribution is -2.21. The van der Waals surface area contributed by atoms with Crippen molar-refractivity contribution in [3.8, 4) is 0 Å². The summed E-state index contributed by atoms with van der Waals surface area (Å²) in [5.41, 5.74) is 0. The highest BCUT2D eigenvalue weighted by molar-refractivity contribution is 5.54. The number of aromatic nitrogens is 3. The van der Waals surface area contributed by atoms with Gasteiger partial charge in [-0.3, -0.25) is 0 Å². The zero-order chi connectivity index (χ0) is 8.55. The molecule has 0 saturated heterocycles. The van der Waals surface area contributed by atoms with Crippen molar-refractivity contribution >= 4 is 6.29 Å². The molecule has 1 aromatic heterocycles. The van der Waals surface area contributed by atoms with E-state index in [0.29, 0.717) is 0 Å². The molecule has 4 nitrogen and oxygen atoms in total. The topological polar surface area (TPSA) is 47.8 Å². The minimum Gasteiger partial charge on any atom is -0.303 e. The molecule has 1 aliphatic rings. The van der Waals surface area contributed by atoms with E-state index in [1.54, 1.807) is 0 Å². The van der Waals surface area contributed by atoms with E-state index in [1.807, 2.05) is 11.6 Å². The molecule has 0 aliphatic carbocycles. The summed E-state index contributed by atoms with van der Waals surface area (Å²) in [6, 6.07) is 0. The molecule has 1 atom stereocenters. The number of aryl methyl sites for hydroxylation is 2. The Hall–Kier alpha value is -1.19. The molecule has 0 aromatic carbocycles. The van der Waals surface area contributed by atoms with Crippen molar-refractivity contribution in [3.63, 3.8) is 0 Å². The predicted octanol–water partition coefficient (Wildman–Crippen LogP) is 0.348. The Bertz CT molecular complexity index is 305. The molecular weight excluding hydrogens is 154 g/mol. The second-order valence-corrected chi connectivity index (χ2v) is 3.19. The van der Waals surface area contributed by atoms with Crippen molar-refractivity contribution in [2.24, 2.45) is 5.92 Å². The van der Waals surface area contributed by atoms with E-state index >= 15 is 0 Å². The Labute approximate surface area is 70.6 Å². The maximum absolute atomic E-state index is 10.5. The Balaban J connectivity index is 2.28. The molecule has 1 aliphatic heterocycles. The van der Waals surface area contributed by atoms with Gasteiger partial charge in [-0.1, -0.05) is 0 Å². The first kappa shape index (κ1) is 7.46. The van der Waals surface area contributed by atoms with Crippen LogP contribution in [0.4, 0.5) is 0 Å². The lowest BCUT2D eigenvalue weighted by atomic mass is 10.0. The molecule has 2 rings (SSSR count). The van der Waals surface area contributed by atoms with Crippen LogP contribution in [-0.4, -0.2) is 21.1 Å². The zero-order valence-electron chi connectivity index (χ0n) is 7.03. The lowest BCUT2D eigenvalue weighted by molar-refractivity contribution is -0.111. The summed E-state index contributed by atoms with van der Waals surface area (Å²) in [5, 5.41) is 4.21. The number of fused-ring (bicyclic) bond motifs is 1. The van der Waals surface area contributed by atoms with Crippen molar-refractivity contribution in [2.75, 3.05) is 0 Å². The van der Waals surface area contributed by atoms with Crippen LogP contribution in [0, 0.1) is 12.8 Å². The van der Waals surface area contributed by atoms with Gasteiger partial charge in [0.2, 0.25) is 0 Å². The van der Waals surface area contributed by atoms with E-state index in [0.717, 1.165) is 37.3 Å². The van der Waals surface area contributed by atoms with E-state index in [9.17, 15) is 4.79 Å². The van der Waals surface area contributed by atoms with Gasteiger partial charge in [0.15, 0.2) is 0 Å². The maximum Gasteiger partial charge on any atom is 0.147 e. The summed E-state index contributed by atoms with van der Waals surface area (Å²) in [7, 11) is 0. The van der Waals surface area contributed by atoms with Crippen LogP contribution in [-0.2, 0) is 17.8 Å². The number of rotatable bonds is 1. The molecule has 0 amide bonds. The molecule has 0 saturated carbocycles. The van der Waals surface area contributed by atoms with Crippen LogP contribution in [0.1, 0.15) is 18.1 Å². The Kier molecular flexibility index (Phi) is 1.67. The van der Waals surface area contributed by atoms with Crippen molar-refractivity contribution in [3.05, 3.63) is 11.6 Å². The van der Waals surface area contributed by atoms with Gasteiger partial charge in [0.1, 0.15) is 17.9 Å². The van der Waals surface area contributed by atoms with Gasteiger partial charge in [0, 0.05) is 18.9 Å². The molecule has 1 aromatic rings. The third-order valence-electron chi connectivity index (χ3n) is 2.20. The lowest BCUT2D eigenvalue weighted by Gasteiger charge is -2.16. The predicted molar refractivity (Wildman–Crippen MR) is 42.6 cm³/mol. The highest BCUT2D eigenvalue weighted by Crippen LogP contribution is 2.16. The number of hydrogen-bond acceptors (Lipinski definition) is 3. The number of carbonyl (C=O) groups excluding carboxylic acids is 1. The fourth-order valence-electron chi connectivity index (χ4n) is 1.57. The first-order chi connectivity index (χ1) is 5.79. The normalized spacial score (nSPS) is 21.9. The molecule has 4 heteroatoms. The van der Waals surface area contributed by atoms with Gasteiger partial charge in [-0.2, -0.15) is 5.10 Å². The largest absolute Gasteiger partial charge is 0.303 e. The van der Waals surface area contributed by atoms with Gasteiger partial charge in [-0.05, 0) is 13.3 Å². The van der Waals surface area contributed by atoms with E-state index in [4.69, 9.17) is 0 Å². The molecule has 0 bridgehead atoms. The van der Waals surface area contributed by atoms with Gasteiger partial charge in [-0.15, -0.1) is 0 Å². The number of aldehydes is 1. The van der Waals surface area contributed by atoms with Crippen LogP contribution >= 0.6 is 0 Å². The van der Waals surface area contributed by atoms with E-state index < -0.39 is 0 Å². The Morgan fingerprint density at radius 1 is 1.67 bits per heavy atom. The third kappa shape index (κ3) is 1.13. The average Bonchev–Trinajstić information content (AvgIpc) is 2.43. The highest BCUT2D eigenvalue weighted by Gasteiger charge is 2.19. The van der Waals surface area contributed by atoms with Crippen LogP contribution in [0.15, 0.2) is 0 Å². The monoisotopic (exact) mass is 165 g/mol. The molecule has 0 N–H and O–H groups in total. The minimum absolute atomic E-state index is 0.154. The van der Waals surface area contributed by atoms with Crippen LogP contribution in [0.2, 0.25) is 0 Å². The van der Waals surface area contributed by atoms with E-state index in [1.165, 1.54) is 0 Å². The number of nitrogens with zero attached hydrogens (tertiary/aromatic N) is 3. The molecule has 0 spiro atoms. The standard InChI is InChI=1S/C8H11N3O/c1-6-9-8-4-7(5-12)2-3-11(8)10-6/h5,7H,2-4H2,1H3. The first-order valence-electron chi connectivity index (χ1n) is 4.15. The van der Waals surface area contributed by atoms with Crippen LogP contribution < -0.4 is 0 Å². The quantitative estimate of drug-likeness (QED) is 0.564. The first-order valence-corrected chi connectivity index (χ1v) is 4.15. The smallest absolute Gasteiger partial charge is 0.147 e. The third-order valence-corrected chi connectivity index (χ3v) is 2.20. The van der Waals surface area contributed by atoms with Crippen LogP contribution in [0.3, 0.4) is 0 Å². The molecule has 0 radical (unpaired) electrons. The minimum atomic E-state index is 0.154. The van der Waals surface area contributed by atoms with Gasteiger partial charge in [0.05, 0.1) is 0 Å². The summed E-state index contributed by atoms with van der Waals surface area (Å²) >= 11 is 0. The van der Waals surface area contributed by atoms with E-state index in [-0.39, 0.29) is 5.92 Å². The van der Waals surface area contributed by atoms with Gasteiger partial charge < -0.3 is 4.79 Å². The summed E-state index contributed by atoms with van der Waals surface area (Å²) in [6.07, 6.45) is 2.68.